The number of rotatable bonds is 4. The van der Waals surface area contributed by atoms with Crippen LogP contribution in [0.2, 0.25) is 0 Å². The highest BCUT2D eigenvalue weighted by Gasteiger charge is 2.32. The molecule has 1 atom stereocenters. The van der Waals surface area contributed by atoms with Crippen molar-refractivity contribution < 1.29 is 14.4 Å². The van der Waals surface area contributed by atoms with E-state index in [1.165, 1.54) is 18.7 Å². The fourth-order valence-electron chi connectivity index (χ4n) is 2.49. The van der Waals surface area contributed by atoms with Gasteiger partial charge in [0.2, 0.25) is 11.8 Å². The van der Waals surface area contributed by atoms with E-state index in [1.807, 2.05) is 39.0 Å². The lowest BCUT2D eigenvalue weighted by Crippen LogP contribution is -2.26. The van der Waals surface area contributed by atoms with Crippen molar-refractivity contribution in [3.8, 4) is 0 Å². The largest absolute Gasteiger partial charge is 0.326 e. The number of nitrogens with one attached hydrogen (secondary N) is 1. The third kappa shape index (κ3) is 4.34. The number of hydrogen-bond donors (Lipinski definition) is 1. The molecule has 1 aliphatic rings. The quantitative estimate of drug-likeness (QED) is 0.919. The zero-order chi connectivity index (χ0) is 17.1. The van der Waals surface area contributed by atoms with Crippen molar-refractivity contribution in [1.29, 1.82) is 0 Å². The van der Waals surface area contributed by atoms with Gasteiger partial charge in [-0.2, -0.15) is 0 Å². The lowest BCUT2D eigenvalue weighted by atomic mass is 10.1. The van der Waals surface area contributed by atoms with Crippen LogP contribution < -0.4 is 10.2 Å². The summed E-state index contributed by atoms with van der Waals surface area (Å²) in [6.07, 6.45) is 0.367. The Balaban J connectivity index is 2.20. The number of hydrogen-bond acceptors (Lipinski definition) is 4. The zero-order valence-electron chi connectivity index (χ0n) is 13.9. The molecule has 2 amide bonds. The fraction of sp³-hybridized carbons (Fsp3) is 0.471. The van der Waals surface area contributed by atoms with E-state index in [0.717, 1.165) is 11.3 Å². The highest BCUT2D eigenvalue weighted by Crippen LogP contribution is 2.32. The van der Waals surface area contributed by atoms with E-state index in [9.17, 15) is 14.4 Å². The molecule has 1 aromatic rings. The molecule has 0 aliphatic carbocycles. The Morgan fingerprint density at radius 3 is 2.65 bits per heavy atom. The monoisotopic (exact) mass is 334 g/mol. The molecule has 1 saturated heterocycles. The smallest absolute Gasteiger partial charge is 0.228 e. The zero-order valence-corrected chi connectivity index (χ0v) is 14.7. The van der Waals surface area contributed by atoms with Gasteiger partial charge in [0.25, 0.3) is 0 Å². The second kappa shape index (κ2) is 7.17. The van der Waals surface area contributed by atoms with Crippen LogP contribution in [0.1, 0.15) is 32.8 Å². The molecule has 1 fully saturated rings. The topological polar surface area (TPSA) is 66.5 Å². The molecule has 1 heterocycles. The minimum atomic E-state index is -0.107. The maximum Gasteiger partial charge on any atom is 0.228 e. The molecule has 1 aromatic carbocycles. The van der Waals surface area contributed by atoms with Gasteiger partial charge < -0.3 is 10.2 Å². The highest BCUT2D eigenvalue weighted by atomic mass is 32.2. The van der Waals surface area contributed by atoms with Crippen LogP contribution in [0, 0.1) is 12.8 Å². The van der Waals surface area contributed by atoms with Crippen LogP contribution in [-0.2, 0) is 14.4 Å². The molecule has 1 aliphatic heterocycles. The first kappa shape index (κ1) is 17.5. The van der Waals surface area contributed by atoms with Crippen molar-refractivity contribution in [2.45, 2.75) is 39.4 Å². The molecule has 0 spiro atoms. The Hall–Kier alpha value is -1.82. The molecule has 0 saturated carbocycles. The second-order valence-corrected chi connectivity index (χ2v) is 7.56. The summed E-state index contributed by atoms with van der Waals surface area (Å²) in [7, 11) is 0. The van der Waals surface area contributed by atoms with Gasteiger partial charge in [-0.25, -0.2) is 0 Å². The highest BCUT2D eigenvalue weighted by molar-refractivity contribution is 8.14. The SMILES string of the molecule is CC(=O)SC1CC(=O)N(c2cc(NC(=O)C(C)C)ccc2C)C1. The van der Waals surface area contributed by atoms with Crippen molar-refractivity contribution in [2.75, 3.05) is 16.8 Å². The molecular weight excluding hydrogens is 312 g/mol. The number of anilines is 2. The van der Waals surface area contributed by atoms with Gasteiger partial charge in [0, 0.05) is 42.4 Å². The van der Waals surface area contributed by atoms with Gasteiger partial charge >= 0.3 is 0 Å². The van der Waals surface area contributed by atoms with E-state index >= 15 is 0 Å². The number of amides is 2. The summed E-state index contributed by atoms with van der Waals surface area (Å²) < 4.78 is 0. The minimum absolute atomic E-state index is 0.00619. The van der Waals surface area contributed by atoms with E-state index in [4.69, 9.17) is 0 Å². The van der Waals surface area contributed by atoms with Crippen molar-refractivity contribution in [2.24, 2.45) is 5.92 Å². The van der Waals surface area contributed by atoms with Crippen LogP contribution in [0.25, 0.3) is 0 Å². The van der Waals surface area contributed by atoms with Crippen LogP contribution in [0.15, 0.2) is 18.2 Å². The average Bonchev–Trinajstić information content (AvgIpc) is 2.80. The molecule has 0 bridgehead atoms. The molecule has 1 unspecified atom stereocenters. The molecule has 5 nitrogen and oxygen atoms in total. The first-order valence-corrected chi connectivity index (χ1v) is 8.55. The number of benzene rings is 1. The standard InChI is InChI=1S/C17H22N2O3S/c1-10(2)17(22)18-13-6-5-11(3)15(7-13)19-9-14(8-16(19)21)23-12(4)20/h5-7,10,14H,8-9H2,1-4H3,(H,18,22). The van der Waals surface area contributed by atoms with Crippen LogP contribution in [0.3, 0.4) is 0 Å². The van der Waals surface area contributed by atoms with Crippen LogP contribution in [0.5, 0.6) is 0 Å². The molecule has 23 heavy (non-hydrogen) atoms. The summed E-state index contributed by atoms with van der Waals surface area (Å²) in [6, 6.07) is 5.56. The van der Waals surface area contributed by atoms with Crippen LogP contribution in [0.4, 0.5) is 11.4 Å². The van der Waals surface area contributed by atoms with E-state index in [1.54, 1.807) is 4.90 Å². The Morgan fingerprint density at radius 1 is 1.35 bits per heavy atom. The number of carbonyl (C=O) groups excluding carboxylic acids is 3. The Kier molecular flexibility index (Phi) is 5.46. The maximum atomic E-state index is 12.3. The lowest BCUT2D eigenvalue weighted by Gasteiger charge is -2.20. The van der Waals surface area contributed by atoms with Gasteiger partial charge in [-0.1, -0.05) is 31.7 Å². The van der Waals surface area contributed by atoms with Gasteiger partial charge in [-0.15, -0.1) is 0 Å². The van der Waals surface area contributed by atoms with Crippen molar-refractivity contribution in [3.63, 3.8) is 0 Å². The summed E-state index contributed by atoms with van der Waals surface area (Å²) >= 11 is 1.22. The molecule has 2 rings (SSSR count). The van der Waals surface area contributed by atoms with E-state index < -0.39 is 0 Å². The second-order valence-electron chi connectivity index (χ2n) is 6.09. The third-order valence-electron chi connectivity index (χ3n) is 3.71. The number of carbonyl (C=O) groups is 3. The maximum absolute atomic E-state index is 12.3. The molecule has 124 valence electrons. The van der Waals surface area contributed by atoms with Crippen LogP contribution >= 0.6 is 11.8 Å². The molecular formula is C17H22N2O3S. The Morgan fingerprint density at radius 2 is 2.04 bits per heavy atom. The third-order valence-corrected chi connectivity index (χ3v) is 4.70. The lowest BCUT2D eigenvalue weighted by molar-refractivity contribution is -0.119. The van der Waals surface area contributed by atoms with Gasteiger partial charge in [0.1, 0.15) is 0 Å². The summed E-state index contributed by atoms with van der Waals surface area (Å²) in [5, 5.41) is 2.88. The van der Waals surface area contributed by atoms with E-state index in [0.29, 0.717) is 18.7 Å². The predicted molar refractivity (Wildman–Crippen MR) is 93.7 cm³/mol. The Labute approximate surface area is 140 Å². The van der Waals surface area contributed by atoms with Crippen molar-refractivity contribution >= 4 is 40.1 Å². The molecule has 1 N–H and O–H groups in total. The number of thioether (sulfide) groups is 1. The molecule has 0 aromatic heterocycles. The normalized spacial score (nSPS) is 17.7. The van der Waals surface area contributed by atoms with Crippen LogP contribution in [-0.4, -0.2) is 28.7 Å². The van der Waals surface area contributed by atoms with Gasteiger partial charge in [0.15, 0.2) is 5.12 Å². The number of aryl methyl sites for hydroxylation is 1. The number of nitrogens with zero attached hydrogens (tertiary/aromatic N) is 1. The van der Waals surface area contributed by atoms with E-state index in [-0.39, 0.29) is 28.1 Å². The van der Waals surface area contributed by atoms with E-state index in [2.05, 4.69) is 5.32 Å². The van der Waals surface area contributed by atoms with Crippen molar-refractivity contribution in [1.82, 2.24) is 0 Å². The molecule has 0 radical (unpaired) electrons. The fourth-order valence-corrected chi connectivity index (χ4v) is 3.40. The van der Waals surface area contributed by atoms with Gasteiger partial charge in [-0.05, 0) is 24.6 Å². The molecule has 6 heteroatoms. The average molecular weight is 334 g/mol. The minimum Gasteiger partial charge on any atom is -0.326 e. The summed E-state index contributed by atoms with van der Waals surface area (Å²) in [5.41, 5.74) is 2.44. The first-order valence-electron chi connectivity index (χ1n) is 7.67. The summed E-state index contributed by atoms with van der Waals surface area (Å²) in [5.74, 6) is -0.152. The van der Waals surface area contributed by atoms with Gasteiger partial charge in [-0.3, -0.25) is 14.4 Å². The summed E-state index contributed by atoms with van der Waals surface area (Å²) in [6.45, 7) is 7.63. The summed E-state index contributed by atoms with van der Waals surface area (Å²) in [4.78, 5) is 37.1. The first-order chi connectivity index (χ1) is 10.8. The van der Waals surface area contributed by atoms with Gasteiger partial charge in [0.05, 0.1) is 0 Å². The van der Waals surface area contributed by atoms with Crippen molar-refractivity contribution in [3.05, 3.63) is 23.8 Å². The Bertz CT molecular complexity index is 643. The predicted octanol–water partition coefficient (Wildman–Crippen LogP) is 2.97.